The van der Waals surface area contributed by atoms with Crippen molar-refractivity contribution in [3.63, 3.8) is 0 Å². The second-order valence-electron chi connectivity index (χ2n) is 10.0. The van der Waals surface area contributed by atoms with Gasteiger partial charge in [-0.05, 0) is 43.2 Å². The summed E-state index contributed by atoms with van der Waals surface area (Å²) in [5.41, 5.74) is 1.72. The molecule has 9 nitrogen and oxygen atoms in total. The number of aliphatic hydroxyl groups is 1. The van der Waals surface area contributed by atoms with Crippen molar-refractivity contribution < 1.29 is 23.9 Å². The van der Waals surface area contributed by atoms with Crippen LogP contribution in [-0.4, -0.2) is 86.9 Å². The maximum Gasteiger partial charge on any atom is 0.295 e. The molecular weight excluding hydrogens is 513 g/mol. The highest BCUT2D eigenvalue weighted by Crippen LogP contribution is 2.30. The third kappa shape index (κ3) is 4.99. The molecule has 0 radical (unpaired) electrons. The van der Waals surface area contributed by atoms with Crippen LogP contribution in [0.25, 0.3) is 10.9 Å². The quantitative estimate of drug-likeness (QED) is 0.291. The summed E-state index contributed by atoms with van der Waals surface area (Å²) >= 11 is 6.51. The maximum absolute atomic E-state index is 13.6. The average molecular weight is 542 g/mol. The Labute approximate surface area is 224 Å². The second kappa shape index (κ2) is 10.4. The van der Waals surface area contributed by atoms with Crippen LogP contribution >= 0.6 is 11.6 Å². The van der Waals surface area contributed by atoms with Crippen molar-refractivity contribution in [2.45, 2.75) is 32.0 Å². The van der Waals surface area contributed by atoms with E-state index in [0.717, 1.165) is 5.56 Å². The standard InChI is InChI=1S/C27H29ClFN5O4/c1-16-12-31(13-17-2-4-18(29)5-3-17)8-9-33(16)26(37)21-10-20-22(15-34(30)24(20)11-23(21)28)25(36)27(38)32-7-6-19(35)14-32/h2-5,10-11,15-16,19,35H,6-9,12-14,30H2,1H3/t16-,19+/m1/s1. The van der Waals surface area contributed by atoms with Crippen LogP contribution in [0.4, 0.5) is 4.39 Å². The van der Waals surface area contributed by atoms with Gasteiger partial charge >= 0.3 is 0 Å². The highest BCUT2D eigenvalue weighted by molar-refractivity contribution is 6.45. The first-order chi connectivity index (χ1) is 18.1. The van der Waals surface area contributed by atoms with Gasteiger partial charge in [-0.1, -0.05) is 23.7 Å². The number of halogens is 2. The lowest BCUT2D eigenvalue weighted by Gasteiger charge is -2.40. The van der Waals surface area contributed by atoms with Gasteiger partial charge in [-0.15, -0.1) is 0 Å². The van der Waals surface area contributed by atoms with Gasteiger partial charge in [-0.3, -0.25) is 24.0 Å². The Kier molecular flexibility index (Phi) is 7.13. The summed E-state index contributed by atoms with van der Waals surface area (Å²) in [6.45, 7) is 4.73. The van der Waals surface area contributed by atoms with Crippen molar-refractivity contribution in [2.75, 3.05) is 38.6 Å². The molecule has 2 amide bonds. The van der Waals surface area contributed by atoms with Crippen molar-refractivity contribution in [3.8, 4) is 0 Å². The Balaban J connectivity index is 1.36. The number of carbonyl (C=O) groups is 3. The van der Waals surface area contributed by atoms with Crippen molar-refractivity contribution in [2.24, 2.45) is 0 Å². The molecular formula is C27H29ClFN5O4. The molecule has 38 heavy (non-hydrogen) atoms. The molecule has 3 heterocycles. The number of hydrogen-bond donors (Lipinski definition) is 2. The van der Waals surface area contributed by atoms with Crippen molar-refractivity contribution in [3.05, 3.63) is 70.1 Å². The van der Waals surface area contributed by atoms with Crippen LogP contribution in [0.3, 0.4) is 0 Å². The summed E-state index contributed by atoms with van der Waals surface area (Å²) in [5, 5.41) is 10.3. The zero-order valence-corrected chi connectivity index (χ0v) is 21.7. The van der Waals surface area contributed by atoms with Crippen LogP contribution in [0.15, 0.2) is 42.6 Å². The minimum Gasteiger partial charge on any atom is -0.391 e. The molecule has 0 bridgehead atoms. The van der Waals surface area contributed by atoms with Gasteiger partial charge < -0.3 is 20.7 Å². The number of β-amino-alcohol motifs (C(OH)–C–C–N with tert-alkyl or cyclic N) is 1. The molecule has 2 saturated heterocycles. The number of ketones is 1. The van der Waals surface area contributed by atoms with E-state index < -0.39 is 17.8 Å². The number of rotatable bonds is 5. The van der Waals surface area contributed by atoms with E-state index in [-0.39, 0.29) is 40.5 Å². The number of aromatic nitrogens is 1. The molecule has 200 valence electrons. The smallest absolute Gasteiger partial charge is 0.295 e. The minimum absolute atomic E-state index is 0.0803. The van der Waals surface area contributed by atoms with Gasteiger partial charge in [-0.2, -0.15) is 0 Å². The zero-order chi connectivity index (χ0) is 27.1. The van der Waals surface area contributed by atoms with Gasteiger partial charge in [0.1, 0.15) is 5.82 Å². The normalized spacial score (nSPS) is 20.3. The summed E-state index contributed by atoms with van der Waals surface area (Å²) in [6.07, 6.45) is 1.13. The number of fused-ring (bicyclic) bond motifs is 1. The monoisotopic (exact) mass is 541 g/mol. The van der Waals surface area contributed by atoms with E-state index in [9.17, 15) is 23.9 Å². The highest BCUT2D eigenvalue weighted by Gasteiger charge is 2.33. The number of nitrogens with two attached hydrogens (primary N) is 1. The van der Waals surface area contributed by atoms with Crippen molar-refractivity contribution in [1.29, 1.82) is 0 Å². The molecule has 0 unspecified atom stereocenters. The Morgan fingerprint density at radius 2 is 1.82 bits per heavy atom. The number of carbonyl (C=O) groups excluding carboxylic acids is 3. The van der Waals surface area contributed by atoms with E-state index in [1.54, 1.807) is 17.0 Å². The summed E-state index contributed by atoms with van der Waals surface area (Å²) < 4.78 is 14.4. The predicted molar refractivity (Wildman–Crippen MR) is 141 cm³/mol. The topological polar surface area (TPSA) is 112 Å². The number of nitrogen functional groups attached to an aromatic ring is 1. The van der Waals surface area contributed by atoms with Crippen molar-refractivity contribution >= 4 is 40.1 Å². The highest BCUT2D eigenvalue weighted by atomic mass is 35.5. The molecule has 1 aromatic heterocycles. The van der Waals surface area contributed by atoms with E-state index in [0.29, 0.717) is 50.0 Å². The number of nitrogens with zero attached hydrogens (tertiary/aromatic N) is 4. The summed E-state index contributed by atoms with van der Waals surface area (Å²) in [5.74, 6) is 4.03. The molecule has 0 spiro atoms. The number of benzene rings is 2. The Bertz CT molecular complexity index is 1410. The van der Waals surface area contributed by atoms with Crippen LogP contribution in [0.5, 0.6) is 0 Å². The molecule has 2 aliphatic rings. The third-order valence-electron chi connectivity index (χ3n) is 7.33. The summed E-state index contributed by atoms with van der Waals surface area (Å²) in [4.78, 5) is 44.8. The molecule has 0 aliphatic carbocycles. The van der Waals surface area contributed by atoms with Gasteiger partial charge in [0.25, 0.3) is 17.6 Å². The molecule has 2 aliphatic heterocycles. The number of amides is 2. The molecule has 11 heteroatoms. The van der Waals surface area contributed by atoms with Crippen LogP contribution < -0.4 is 5.84 Å². The Hall–Kier alpha value is -3.47. The average Bonchev–Trinajstić information content (AvgIpc) is 3.46. The number of piperazine rings is 1. The van der Waals surface area contributed by atoms with E-state index in [1.165, 1.54) is 40.0 Å². The molecule has 2 atom stereocenters. The maximum atomic E-state index is 13.6. The zero-order valence-electron chi connectivity index (χ0n) is 20.9. The number of aliphatic hydroxyl groups excluding tert-OH is 1. The Morgan fingerprint density at radius 3 is 2.47 bits per heavy atom. The lowest BCUT2D eigenvalue weighted by molar-refractivity contribution is -0.125. The summed E-state index contributed by atoms with van der Waals surface area (Å²) in [6, 6.07) is 9.32. The van der Waals surface area contributed by atoms with E-state index in [4.69, 9.17) is 17.4 Å². The lowest BCUT2D eigenvalue weighted by Crippen LogP contribution is -2.53. The molecule has 3 N–H and O–H groups in total. The number of likely N-dealkylation sites (tertiary alicyclic amines) is 1. The second-order valence-corrected chi connectivity index (χ2v) is 10.4. The fourth-order valence-electron chi connectivity index (χ4n) is 5.28. The number of Topliss-reactive ketones (excluding diaryl/α,β-unsaturated/α-hetero) is 1. The van der Waals surface area contributed by atoms with Gasteiger partial charge in [0.2, 0.25) is 0 Å². The molecule has 0 saturated carbocycles. The fraction of sp³-hybridized carbons (Fsp3) is 0.370. The molecule has 5 rings (SSSR count). The minimum atomic E-state index is -0.753. The molecule has 3 aromatic rings. The Morgan fingerprint density at radius 1 is 1.08 bits per heavy atom. The van der Waals surface area contributed by atoms with Crippen LogP contribution in [0.2, 0.25) is 5.02 Å². The first kappa shape index (κ1) is 26.1. The fourth-order valence-corrected chi connectivity index (χ4v) is 5.52. The van der Waals surface area contributed by atoms with Gasteiger partial charge in [-0.25, -0.2) is 4.39 Å². The van der Waals surface area contributed by atoms with Gasteiger partial charge in [0, 0.05) is 56.9 Å². The largest absolute Gasteiger partial charge is 0.391 e. The SMILES string of the molecule is C[C@@H]1CN(Cc2ccc(F)cc2)CCN1C(=O)c1cc2c(C(=O)C(=O)N3CC[C@H](O)C3)cn(N)c2cc1Cl. The lowest BCUT2D eigenvalue weighted by atomic mass is 10.0. The van der Waals surface area contributed by atoms with Crippen molar-refractivity contribution in [1.82, 2.24) is 19.4 Å². The predicted octanol–water partition coefficient (Wildman–Crippen LogP) is 2.27. The van der Waals surface area contributed by atoms with Gasteiger partial charge in [0.05, 0.1) is 27.8 Å². The molecule has 2 fully saturated rings. The molecule has 2 aromatic carbocycles. The first-order valence-electron chi connectivity index (χ1n) is 12.5. The van der Waals surface area contributed by atoms with Crippen LogP contribution in [-0.2, 0) is 11.3 Å². The third-order valence-corrected chi connectivity index (χ3v) is 7.65. The van der Waals surface area contributed by atoms with Gasteiger partial charge in [0.15, 0.2) is 0 Å². The van der Waals surface area contributed by atoms with Crippen LogP contribution in [0.1, 0.15) is 39.6 Å². The van der Waals surface area contributed by atoms with E-state index >= 15 is 0 Å². The first-order valence-corrected chi connectivity index (χ1v) is 12.9. The van der Waals surface area contributed by atoms with E-state index in [2.05, 4.69) is 4.90 Å². The summed E-state index contributed by atoms with van der Waals surface area (Å²) in [7, 11) is 0. The van der Waals surface area contributed by atoms with E-state index in [1.807, 2.05) is 6.92 Å². The van der Waals surface area contributed by atoms with Crippen LogP contribution in [0, 0.1) is 5.82 Å². The number of hydrogen-bond acceptors (Lipinski definition) is 6.